The van der Waals surface area contributed by atoms with E-state index < -0.39 is 0 Å². The number of fused-ring (bicyclic) bond motifs is 8. The van der Waals surface area contributed by atoms with Gasteiger partial charge >= 0.3 is 0 Å². The van der Waals surface area contributed by atoms with E-state index >= 15 is 0 Å². The van der Waals surface area contributed by atoms with Gasteiger partial charge < -0.3 is 4.42 Å². The number of pyridine rings is 1. The fraction of sp³-hybridized carbons (Fsp3) is 0.167. The molecule has 2 heteroatoms. The van der Waals surface area contributed by atoms with Gasteiger partial charge in [0.1, 0.15) is 18.2 Å². The summed E-state index contributed by atoms with van der Waals surface area (Å²) in [7, 11) is 2.10. The van der Waals surface area contributed by atoms with Crippen molar-refractivity contribution >= 4 is 43.5 Å². The van der Waals surface area contributed by atoms with Gasteiger partial charge in [-0.15, -0.1) is 0 Å². The number of nitrogens with zero attached hydrogens (tertiary/aromatic N) is 1. The van der Waals surface area contributed by atoms with E-state index in [0.717, 1.165) is 11.2 Å². The molecule has 1 aliphatic rings. The van der Waals surface area contributed by atoms with E-state index in [9.17, 15) is 0 Å². The zero-order valence-corrected chi connectivity index (χ0v) is 18.4. The highest BCUT2D eigenvalue weighted by molar-refractivity contribution is 6.24. The van der Waals surface area contributed by atoms with Crippen LogP contribution in [0.5, 0.6) is 0 Å². The van der Waals surface area contributed by atoms with Crippen LogP contribution in [0.25, 0.3) is 54.7 Å². The van der Waals surface area contributed by atoms with Crippen LogP contribution < -0.4 is 4.57 Å². The fourth-order valence-corrected chi connectivity index (χ4v) is 5.71. The van der Waals surface area contributed by atoms with Crippen molar-refractivity contribution in [1.82, 2.24) is 0 Å². The second-order valence-electron chi connectivity index (χ2n) is 9.23. The minimum absolute atomic E-state index is 0.979. The molecule has 2 heterocycles. The van der Waals surface area contributed by atoms with Gasteiger partial charge in [-0.25, -0.2) is 4.57 Å². The third kappa shape index (κ3) is 2.38. The van der Waals surface area contributed by atoms with E-state index in [1.807, 2.05) is 0 Å². The Morgan fingerprint density at radius 3 is 2.38 bits per heavy atom. The molecule has 0 atom stereocenters. The maximum Gasteiger partial charge on any atom is 0.216 e. The zero-order valence-electron chi connectivity index (χ0n) is 18.4. The summed E-state index contributed by atoms with van der Waals surface area (Å²) in [6.45, 7) is 2.17. The van der Waals surface area contributed by atoms with E-state index in [4.69, 9.17) is 4.42 Å². The van der Waals surface area contributed by atoms with Crippen LogP contribution in [0.15, 0.2) is 77.3 Å². The van der Waals surface area contributed by atoms with Crippen molar-refractivity contribution in [3.8, 4) is 11.3 Å². The molecular weight excluding hydrogens is 390 g/mol. The molecule has 0 radical (unpaired) electrons. The zero-order chi connectivity index (χ0) is 21.4. The van der Waals surface area contributed by atoms with Crippen LogP contribution in [-0.4, -0.2) is 0 Å². The highest BCUT2D eigenvalue weighted by Gasteiger charge is 2.22. The molecule has 2 aromatic heterocycles. The Labute approximate surface area is 186 Å². The molecule has 2 nitrogen and oxygen atoms in total. The van der Waals surface area contributed by atoms with Crippen molar-refractivity contribution in [3.05, 3.63) is 89.6 Å². The first-order chi connectivity index (χ1) is 15.7. The van der Waals surface area contributed by atoms with Crippen molar-refractivity contribution in [3.63, 3.8) is 0 Å². The second kappa shape index (κ2) is 6.43. The quantitative estimate of drug-likeness (QED) is 0.206. The van der Waals surface area contributed by atoms with Crippen molar-refractivity contribution in [1.29, 1.82) is 0 Å². The van der Waals surface area contributed by atoms with Crippen LogP contribution in [0.2, 0.25) is 0 Å². The number of rotatable bonds is 1. The summed E-state index contributed by atoms with van der Waals surface area (Å²) in [6, 6.07) is 24.6. The molecule has 0 amide bonds. The number of hydrogen-bond acceptors (Lipinski definition) is 1. The van der Waals surface area contributed by atoms with Gasteiger partial charge in [0.05, 0.1) is 5.56 Å². The maximum absolute atomic E-state index is 6.80. The Hall–Kier alpha value is -3.65. The van der Waals surface area contributed by atoms with Crippen LogP contribution in [0, 0.1) is 6.92 Å². The Balaban J connectivity index is 1.65. The number of benzene rings is 4. The average Bonchev–Trinajstić information content (AvgIpc) is 3.41. The Bertz CT molecular complexity index is 1720. The van der Waals surface area contributed by atoms with Gasteiger partial charge in [-0.05, 0) is 71.2 Å². The van der Waals surface area contributed by atoms with E-state index in [1.54, 1.807) is 0 Å². The van der Waals surface area contributed by atoms with E-state index in [0.29, 0.717) is 0 Å². The standard InChI is InChI=1S/C30H24NO/c1-18-9-13-23-24-14-12-19-10-11-22-16-20-6-5-7-21(20)17-25(22)28(19)30(24)32-29(23)27(18)26-8-3-4-15-31(26)2/h3-4,8-17H,5-7H2,1-2H3/q+1. The monoisotopic (exact) mass is 414 g/mol. The Morgan fingerprint density at radius 1 is 0.750 bits per heavy atom. The van der Waals surface area contributed by atoms with E-state index in [1.165, 1.54) is 79.5 Å². The van der Waals surface area contributed by atoms with E-state index in [-0.39, 0.29) is 0 Å². The van der Waals surface area contributed by atoms with Gasteiger partial charge in [0.2, 0.25) is 5.69 Å². The molecule has 0 saturated heterocycles. The first kappa shape index (κ1) is 18.0. The Kier molecular flexibility index (Phi) is 3.61. The molecule has 7 rings (SSSR count). The van der Waals surface area contributed by atoms with Crippen LogP contribution in [0.1, 0.15) is 23.1 Å². The lowest BCUT2D eigenvalue weighted by atomic mass is 9.95. The van der Waals surface area contributed by atoms with Crippen LogP contribution in [-0.2, 0) is 19.9 Å². The third-order valence-corrected chi connectivity index (χ3v) is 7.34. The van der Waals surface area contributed by atoms with Gasteiger partial charge in [0.25, 0.3) is 0 Å². The van der Waals surface area contributed by atoms with Crippen molar-refractivity contribution in [2.24, 2.45) is 7.05 Å². The summed E-state index contributed by atoms with van der Waals surface area (Å²) in [5, 5.41) is 7.50. The lowest BCUT2D eigenvalue weighted by Gasteiger charge is -2.08. The van der Waals surface area contributed by atoms with Gasteiger partial charge in [-0.1, -0.05) is 42.5 Å². The predicted molar refractivity (Wildman–Crippen MR) is 132 cm³/mol. The van der Waals surface area contributed by atoms with E-state index in [2.05, 4.69) is 91.5 Å². The first-order valence-electron chi connectivity index (χ1n) is 11.5. The molecule has 0 spiro atoms. The van der Waals surface area contributed by atoms with Gasteiger partial charge in [-0.2, -0.15) is 0 Å². The smallest absolute Gasteiger partial charge is 0.216 e. The summed E-state index contributed by atoms with van der Waals surface area (Å²) in [5.74, 6) is 0. The molecule has 0 fully saturated rings. The summed E-state index contributed by atoms with van der Waals surface area (Å²) in [6.07, 6.45) is 5.75. The molecule has 0 bridgehead atoms. The fourth-order valence-electron chi connectivity index (χ4n) is 5.71. The Morgan fingerprint density at radius 2 is 1.50 bits per heavy atom. The third-order valence-electron chi connectivity index (χ3n) is 7.34. The summed E-state index contributed by atoms with van der Waals surface area (Å²) >= 11 is 0. The number of aryl methyl sites for hydroxylation is 4. The molecule has 0 N–H and O–H groups in total. The van der Waals surface area contributed by atoms with Crippen LogP contribution in [0.4, 0.5) is 0 Å². The van der Waals surface area contributed by atoms with Crippen LogP contribution >= 0.6 is 0 Å². The minimum atomic E-state index is 0.979. The van der Waals surface area contributed by atoms with Gasteiger partial charge in [0.15, 0.2) is 6.20 Å². The largest absolute Gasteiger partial charge is 0.454 e. The average molecular weight is 415 g/mol. The maximum atomic E-state index is 6.80. The predicted octanol–water partition coefficient (Wildman–Crippen LogP) is 7.18. The lowest BCUT2D eigenvalue weighted by Crippen LogP contribution is -2.30. The summed E-state index contributed by atoms with van der Waals surface area (Å²) < 4.78 is 8.97. The number of furan rings is 1. The molecule has 0 aliphatic heterocycles. The van der Waals surface area contributed by atoms with Crippen molar-refractivity contribution in [2.75, 3.05) is 0 Å². The molecule has 0 unspecified atom stereocenters. The normalized spacial score (nSPS) is 13.6. The number of aromatic nitrogens is 1. The highest BCUT2D eigenvalue weighted by Crippen LogP contribution is 2.42. The topological polar surface area (TPSA) is 17.0 Å². The first-order valence-corrected chi connectivity index (χ1v) is 11.5. The van der Waals surface area contributed by atoms with Crippen molar-refractivity contribution in [2.45, 2.75) is 26.2 Å². The van der Waals surface area contributed by atoms with Gasteiger partial charge in [0, 0.05) is 28.3 Å². The molecule has 6 aromatic rings. The summed E-state index contributed by atoms with van der Waals surface area (Å²) in [4.78, 5) is 0. The molecule has 32 heavy (non-hydrogen) atoms. The number of hydrogen-bond donors (Lipinski definition) is 0. The van der Waals surface area contributed by atoms with Crippen LogP contribution in [0.3, 0.4) is 0 Å². The summed E-state index contributed by atoms with van der Waals surface area (Å²) in [5.41, 5.74) is 8.58. The highest BCUT2D eigenvalue weighted by atomic mass is 16.3. The van der Waals surface area contributed by atoms with Gasteiger partial charge in [-0.3, -0.25) is 0 Å². The minimum Gasteiger partial charge on any atom is -0.454 e. The molecule has 154 valence electrons. The SMILES string of the molecule is Cc1ccc2c(oc3c2ccc2ccc4cc5c(cc4c23)CCC5)c1-c1cccc[n+]1C. The lowest BCUT2D eigenvalue weighted by molar-refractivity contribution is -0.660. The second-order valence-corrected chi connectivity index (χ2v) is 9.23. The van der Waals surface area contributed by atoms with Crippen molar-refractivity contribution < 1.29 is 8.98 Å². The molecule has 4 aromatic carbocycles. The molecule has 0 saturated carbocycles. The molecule has 1 aliphatic carbocycles. The molecular formula is C30H24NO+.